The quantitative estimate of drug-likeness (QED) is 0.859. The fourth-order valence-corrected chi connectivity index (χ4v) is 1.93. The van der Waals surface area contributed by atoms with Crippen molar-refractivity contribution in [3.63, 3.8) is 0 Å². The fourth-order valence-electron chi connectivity index (χ4n) is 1.37. The predicted octanol–water partition coefficient (Wildman–Crippen LogP) is 1.36. The zero-order valence-corrected chi connectivity index (χ0v) is 10.1. The molecule has 2 aromatic rings. The van der Waals surface area contributed by atoms with Crippen molar-refractivity contribution in [1.82, 2.24) is 15.3 Å². The number of nitrogens with one attached hydrogen (secondary N) is 1. The first kappa shape index (κ1) is 11.5. The van der Waals surface area contributed by atoms with E-state index in [4.69, 9.17) is 5.73 Å². The molecule has 0 aliphatic carbocycles. The van der Waals surface area contributed by atoms with E-state index >= 15 is 0 Å². The molecule has 2 rings (SSSR count). The van der Waals surface area contributed by atoms with Crippen LogP contribution in [0.4, 0.5) is 5.69 Å². The van der Waals surface area contributed by atoms with Gasteiger partial charge >= 0.3 is 0 Å². The number of anilines is 1. The number of aryl methyl sites for hydroxylation is 1. The second-order valence-electron chi connectivity index (χ2n) is 3.51. The van der Waals surface area contributed by atoms with E-state index in [-0.39, 0.29) is 5.91 Å². The lowest BCUT2D eigenvalue weighted by Gasteiger charge is -2.06. The number of nitrogens with zero attached hydrogens (tertiary/aromatic N) is 2. The van der Waals surface area contributed by atoms with Crippen LogP contribution in [0.15, 0.2) is 23.8 Å². The van der Waals surface area contributed by atoms with E-state index in [9.17, 15) is 4.79 Å². The highest BCUT2D eigenvalue weighted by Crippen LogP contribution is 2.10. The smallest absolute Gasteiger partial charge is 0.253 e. The van der Waals surface area contributed by atoms with Gasteiger partial charge < -0.3 is 11.1 Å². The second kappa shape index (κ2) is 4.92. The Bertz CT molecular complexity index is 524. The molecular formula is C11H12N4OS. The Labute approximate surface area is 103 Å². The van der Waals surface area contributed by atoms with Gasteiger partial charge in [0, 0.05) is 11.6 Å². The lowest BCUT2D eigenvalue weighted by Crippen LogP contribution is -2.24. The molecule has 0 aliphatic heterocycles. The van der Waals surface area contributed by atoms with Gasteiger partial charge in [-0.05, 0) is 13.0 Å². The van der Waals surface area contributed by atoms with Crippen LogP contribution in [0.3, 0.4) is 0 Å². The van der Waals surface area contributed by atoms with Crippen molar-refractivity contribution in [3.05, 3.63) is 40.1 Å². The third kappa shape index (κ3) is 2.79. The Kier molecular flexibility index (Phi) is 3.34. The number of thiazole rings is 1. The summed E-state index contributed by atoms with van der Waals surface area (Å²) < 4.78 is 0. The molecule has 0 bridgehead atoms. The molecule has 3 N–H and O–H groups in total. The normalized spacial score (nSPS) is 10.2. The van der Waals surface area contributed by atoms with Gasteiger partial charge in [0.1, 0.15) is 5.01 Å². The zero-order valence-electron chi connectivity index (χ0n) is 9.30. The zero-order chi connectivity index (χ0) is 12.3. The highest BCUT2D eigenvalue weighted by molar-refractivity contribution is 7.09. The number of hydrogen-bond donors (Lipinski definition) is 2. The maximum absolute atomic E-state index is 11.9. The van der Waals surface area contributed by atoms with Crippen LogP contribution in [-0.4, -0.2) is 15.9 Å². The van der Waals surface area contributed by atoms with Gasteiger partial charge in [0.15, 0.2) is 0 Å². The molecule has 88 valence electrons. The summed E-state index contributed by atoms with van der Waals surface area (Å²) in [5, 5.41) is 5.52. The Hall–Kier alpha value is -1.95. The molecule has 2 heterocycles. The largest absolute Gasteiger partial charge is 0.397 e. The van der Waals surface area contributed by atoms with Crippen LogP contribution < -0.4 is 11.1 Å². The van der Waals surface area contributed by atoms with E-state index in [1.165, 1.54) is 17.5 Å². The first-order valence-electron chi connectivity index (χ1n) is 5.05. The average Bonchev–Trinajstić information content (AvgIpc) is 2.82. The number of hydrogen-bond acceptors (Lipinski definition) is 5. The van der Waals surface area contributed by atoms with Crippen LogP contribution in [-0.2, 0) is 6.54 Å². The SMILES string of the molecule is Cc1ncc(N)cc1C(=O)NCc1nccs1. The molecule has 0 fully saturated rings. The van der Waals surface area contributed by atoms with Crippen LogP contribution in [0.5, 0.6) is 0 Å². The average molecular weight is 248 g/mol. The van der Waals surface area contributed by atoms with E-state index in [1.807, 2.05) is 5.38 Å². The molecule has 5 nitrogen and oxygen atoms in total. The van der Waals surface area contributed by atoms with Crippen molar-refractivity contribution in [2.24, 2.45) is 0 Å². The molecule has 6 heteroatoms. The summed E-state index contributed by atoms with van der Waals surface area (Å²) in [6.45, 7) is 2.20. The number of carbonyl (C=O) groups is 1. The lowest BCUT2D eigenvalue weighted by atomic mass is 10.2. The van der Waals surface area contributed by atoms with Crippen molar-refractivity contribution in [1.29, 1.82) is 0 Å². The maximum Gasteiger partial charge on any atom is 0.253 e. The molecular weight excluding hydrogens is 236 g/mol. The number of rotatable bonds is 3. The van der Waals surface area contributed by atoms with Crippen LogP contribution in [0, 0.1) is 6.92 Å². The molecule has 1 amide bonds. The maximum atomic E-state index is 11.9. The van der Waals surface area contributed by atoms with Crippen molar-refractivity contribution in [2.45, 2.75) is 13.5 Å². The molecule has 0 aliphatic rings. The molecule has 17 heavy (non-hydrogen) atoms. The molecule has 0 radical (unpaired) electrons. The third-order valence-corrected chi connectivity index (χ3v) is 3.02. The highest BCUT2D eigenvalue weighted by Gasteiger charge is 2.10. The number of nitrogens with two attached hydrogens (primary N) is 1. The molecule has 0 atom stereocenters. The van der Waals surface area contributed by atoms with Crippen molar-refractivity contribution >= 4 is 22.9 Å². The van der Waals surface area contributed by atoms with Gasteiger partial charge in [-0.2, -0.15) is 0 Å². The summed E-state index contributed by atoms with van der Waals surface area (Å²) >= 11 is 1.50. The molecule has 2 aromatic heterocycles. The number of carbonyl (C=O) groups excluding carboxylic acids is 1. The van der Waals surface area contributed by atoms with E-state index < -0.39 is 0 Å². The van der Waals surface area contributed by atoms with Crippen LogP contribution >= 0.6 is 11.3 Å². The van der Waals surface area contributed by atoms with E-state index in [2.05, 4.69) is 15.3 Å². The second-order valence-corrected chi connectivity index (χ2v) is 4.49. The highest BCUT2D eigenvalue weighted by atomic mass is 32.1. The summed E-state index contributed by atoms with van der Waals surface area (Å²) in [6, 6.07) is 1.62. The van der Waals surface area contributed by atoms with Crippen molar-refractivity contribution in [3.8, 4) is 0 Å². The van der Waals surface area contributed by atoms with Gasteiger partial charge in [0.05, 0.1) is 29.7 Å². The van der Waals surface area contributed by atoms with Crippen molar-refractivity contribution < 1.29 is 4.79 Å². The predicted molar refractivity (Wildman–Crippen MR) is 66.7 cm³/mol. The fraction of sp³-hybridized carbons (Fsp3) is 0.182. The third-order valence-electron chi connectivity index (χ3n) is 2.24. The minimum atomic E-state index is -0.183. The van der Waals surface area contributed by atoms with E-state index in [0.29, 0.717) is 23.5 Å². The van der Waals surface area contributed by atoms with E-state index in [1.54, 1.807) is 19.2 Å². The Balaban J connectivity index is 2.07. The number of nitrogen functional groups attached to an aromatic ring is 1. The summed E-state index contributed by atoms with van der Waals surface area (Å²) in [6.07, 6.45) is 3.24. The van der Waals surface area contributed by atoms with Gasteiger partial charge in [-0.1, -0.05) is 0 Å². The minimum absolute atomic E-state index is 0.183. The summed E-state index contributed by atoms with van der Waals surface area (Å²) in [5.74, 6) is -0.183. The number of pyridine rings is 1. The lowest BCUT2D eigenvalue weighted by molar-refractivity contribution is 0.0950. The summed E-state index contributed by atoms with van der Waals surface area (Å²) in [4.78, 5) is 20.0. The number of amides is 1. The first-order chi connectivity index (χ1) is 8.16. The van der Waals surface area contributed by atoms with Gasteiger partial charge in [-0.3, -0.25) is 9.78 Å². The van der Waals surface area contributed by atoms with Gasteiger partial charge in [-0.15, -0.1) is 11.3 Å². The molecule has 0 saturated carbocycles. The number of aromatic nitrogens is 2. The molecule has 0 unspecified atom stereocenters. The van der Waals surface area contributed by atoms with Crippen LogP contribution in [0.1, 0.15) is 21.1 Å². The van der Waals surface area contributed by atoms with E-state index in [0.717, 1.165) is 5.01 Å². The van der Waals surface area contributed by atoms with Gasteiger partial charge in [0.2, 0.25) is 0 Å². The minimum Gasteiger partial charge on any atom is -0.397 e. The first-order valence-corrected chi connectivity index (χ1v) is 5.93. The molecule has 0 aromatic carbocycles. The van der Waals surface area contributed by atoms with Crippen LogP contribution in [0.2, 0.25) is 0 Å². The van der Waals surface area contributed by atoms with Crippen molar-refractivity contribution in [2.75, 3.05) is 5.73 Å². The topological polar surface area (TPSA) is 80.9 Å². The Morgan fingerprint density at radius 2 is 2.35 bits per heavy atom. The van der Waals surface area contributed by atoms with Gasteiger partial charge in [-0.25, -0.2) is 4.98 Å². The Morgan fingerprint density at radius 1 is 1.53 bits per heavy atom. The standard InChI is InChI=1S/C11H12N4OS/c1-7-9(4-8(12)5-14-7)11(16)15-6-10-13-2-3-17-10/h2-5H,6,12H2,1H3,(H,15,16). The summed E-state index contributed by atoms with van der Waals surface area (Å²) in [7, 11) is 0. The monoisotopic (exact) mass is 248 g/mol. The molecule has 0 saturated heterocycles. The summed E-state index contributed by atoms with van der Waals surface area (Å²) in [5.41, 5.74) is 7.25. The Morgan fingerprint density at radius 3 is 3.06 bits per heavy atom. The van der Waals surface area contributed by atoms with Crippen LogP contribution in [0.25, 0.3) is 0 Å². The van der Waals surface area contributed by atoms with Gasteiger partial charge in [0.25, 0.3) is 5.91 Å². The molecule has 0 spiro atoms.